The SMILES string of the molecule is O=C1CC(c2ccsc2)(c2cccc(Br)n2)NC(=O)C1Sc1cccc(Cl)c1Cl.O=C1CC(c2ccsc2)(c2cccc(OCC3CCCC3)n2)NC(=O)C1Sc1cccc(Cl)c1Cl. The van der Waals surface area contributed by atoms with Crippen LogP contribution >= 0.6 is 109 Å². The first-order chi connectivity index (χ1) is 30.9. The lowest BCUT2D eigenvalue weighted by Crippen LogP contribution is -2.58. The Hall–Kier alpha value is -3.44. The molecular formula is C46H37BrCl4N4O5S4. The lowest BCUT2D eigenvalue weighted by atomic mass is 9.79. The first-order valence-corrected chi connectivity index (χ1v) is 26.0. The topological polar surface area (TPSA) is 127 Å². The van der Waals surface area contributed by atoms with Crippen molar-refractivity contribution in [3.63, 3.8) is 0 Å². The van der Waals surface area contributed by atoms with Gasteiger partial charge in [0.25, 0.3) is 0 Å². The van der Waals surface area contributed by atoms with Crippen LogP contribution in [0.3, 0.4) is 0 Å². The summed E-state index contributed by atoms with van der Waals surface area (Å²) >= 11 is 33.4. The van der Waals surface area contributed by atoms with Crippen LogP contribution in [0, 0.1) is 5.92 Å². The number of carbonyl (C=O) groups is 4. The number of hydrogen-bond donors (Lipinski definition) is 2. The van der Waals surface area contributed by atoms with Crippen molar-refractivity contribution >= 4 is 132 Å². The summed E-state index contributed by atoms with van der Waals surface area (Å²) in [6.45, 7) is 0.631. The Morgan fingerprint density at radius 3 is 1.61 bits per heavy atom. The third-order valence-corrected chi connectivity index (χ3v) is 17.5. The van der Waals surface area contributed by atoms with Crippen molar-refractivity contribution in [1.29, 1.82) is 0 Å². The number of hydrogen-bond acceptors (Lipinski definition) is 11. The molecule has 9 rings (SSSR count). The predicted octanol–water partition coefficient (Wildman–Crippen LogP) is 12.2. The fourth-order valence-corrected chi connectivity index (χ4v) is 12.8. The van der Waals surface area contributed by atoms with E-state index in [2.05, 4.69) is 31.5 Å². The number of nitrogens with one attached hydrogen (secondary N) is 2. The molecule has 0 bridgehead atoms. The fraction of sp³-hybridized carbons (Fsp3) is 0.261. The molecule has 0 radical (unpaired) electrons. The van der Waals surface area contributed by atoms with Crippen molar-refractivity contribution in [3.8, 4) is 5.88 Å². The van der Waals surface area contributed by atoms with Gasteiger partial charge >= 0.3 is 0 Å². The number of thiophene rings is 2. The molecule has 2 amide bonds. The summed E-state index contributed by atoms with van der Waals surface area (Å²) in [5.74, 6) is -0.0862. The number of piperidine rings is 2. The third kappa shape index (κ3) is 10.1. The highest BCUT2D eigenvalue weighted by Crippen LogP contribution is 2.44. The maximum atomic E-state index is 13.5. The average molecular weight is 1080 g/mol. The summed E-state index contributed by atoms with van der Waals surface area (Å²) in [5, 5.41) is 13.5. The van der Waals surface area contributed by atoms with Gasteiger partial charge in [-0.05, 0) is 122 Å². The Morgan fingerprint density at radius 1 is 0.656 bits per heavy atom. The van der Waals surface area contributed by atoms with Gasteiger partial charge in [0, 0.05) is 28.7 Å². The molecule has 2 aromatic carbocycles. The summed E-state index contributed by atoms with van der Waals surface area (Å²) in [6.07, 6.45) is 5.02. The van der Waals surface area contributed by atoms with Crippen LogP contribution in [-0.4, -0.2) is 50.5 Å². The van der Waals surface area contributed by atoms with E-state index in [-0.39, 0.29) is 36.2 Å². The molecule has 4 unspecified atom stereocenters. The molecule has 3 aliphatic rings. The van der Waals surface area contributed by atoms with Gasteiger partial charge < -0.3 is 15.4 Å². The minimum atomic E-state index is -1.06. The summed E-state index contributed by atoms with van der Waals surface area (Å²) in [4.78, 5) is 63.6. The van der Waals surface area contributed by atoms with Crippen LogP contribution in [0.2, 0.25) is 20.1 Å². The first kappa shape index (κ1) is 47.1. The van der Waals surface area contributed by atoms with Crippen LogP contribution < -0.4 is 15.4 Å². The zero-order valence-electron chi connectivity index (χ0n) is 33.5. The molecular weight excluding hydrogens is 1040 g/mol. The number of rotatable bonds is 11. The number of nitrogens with zero attached hydrogens (tertiary/aromatic N) is 2. The van der Waals surface area contributed by atoms with Gasteiger partial charge in [-0.25, -0.2) is 9.97 Å². The molecule has 4 aromatic heterocycles. The minimum absolute atomic E-state index is 0.0738. The zero-order chi connectivity index (χ0) is 45.0. The van der Waals surface area contributed by atoms with E-state index in [4.69, 9.17) is 56.1 Å². The summed E-state index contributed by atoms with van der Waals surface area (Å²) in [5.41, 5.74) is 0.790. The van der Waals surface area contributed by atoms with Crippen molar-refractivity contribution in [1.82, 2.24) is 20.6 Å². The number of aromatic nitrogens is 2. The molecule has 4 atom stereocenters. The first-order valence-electron chi connectivity index (χ1n) is 20.1. The Morgan fingerprint density at radius 2 is 1.14 bits per heavy atom. The summed E-state index contributed by atoms with van der Waals surface area (Å²) < 4.78 is 6.66. The van der Waals surface area contributed by atoms with E-state index < -0.39 is 21.6 Å². The van der Waals surface area contributed by atoms with Gasteiger partial charge in [0.15, 0.2) is 11.6 Å². The van der Waals surface area contributed by atoms with Crippen molar-refractivity contribution in [3.05, 3.63) is 154 Å². The highest BCUT2D eigenvalue weighted by Gasteiger charge is 2.50. The summed E-state index contributed by atoms with van der Waals surface area (Å²) in [6, 6.07) is 25.1. The van der Waals surface area contributed by atoms with Crippen molar-refractivity contribution in [2.75, 3.05) is 6.61 Å². The van der Waals surface area contributed by atoms with Crippen LogP contribution in [-0.2, 0) is 30.3 Å². The van der Waals surface area contributed by atoms with Gasteiger partial charge in [0.2, 0.25) is 17.7 Å². The van der Waals surface area contributed by atoms with E-state index in [0.717, 1.165) is 34.7 Å². The maximum absolute atomic E-state index is 13.5. The quantitative estimate of drug-likeness (QED) is 0.0963. The lowest BCUT2D eigenvalue weighted by molar-refractivity contribution is -0.134. The van der Waals surface area contributed by atoms with Gasteiger partial charge in [0.05, 0.1) is 38.1 Å². The zero-order valence-corrected chi connectivity index (χ0v) is 41.4. The minimum Gasteiger partial charge on any atom is -0.477 e. The molecule has 0 spiro atoms. The molecule has 2 saturated heterocycles. The number of pyridine rings is 2. The predicted molar refractivity (Wildman–Crippen MR) is 262 cm³/mol. The maximum Gasteiger partial charge on any atom is 0.242 e. The summed E-state index contributed by atoms with van der Waals surface area (Å²) in [7, 11) is 0. The molecule has 18 heteroatoms. The van der Waals surface area contributed by atoms with Gasteiger partial charge in [0.1, 0.15) is 26.2 Å². The fourth-order valence-electron chi connectivity index (χ4n) is 8.01. The Labute approximate surface area is 414 Å². The highest BCUT2D eigenvalue weighted by molar-refractivity contribution is 9.10. The molecule has 9 nitrogen and oxygen atoms in total. The molecule has 6 aromatic rings. The van der Waals surface area contributed by atoms with Gasteiger partial charge in [-0.15, -0.1) is 23.5 Å². The van der Waals surface area contributed by atoms with Gasteiger partial charge in [-0.3, -0.25) is 19.2 Å². The van der Waals surface area contributed by atoms with Gasteiger partial charge in [-0.2, -0.15) is 22.7 Å². The van der Waals surface area contributed by atoms with E-state index in [1.165, 1.54) is 48.4 Å². The average Bonchev–Trinajstić information content (AvgIpc) is 4.12. The number of carbonyl (C=O) groups excluding carboxylic acids is 4. The molecule has 3 fully saturated rings. The Bertz CT molecular complexity index is 2650. The number of thioether (sulfide) groups is 2. The second-order valence-corrected chi connectivity index (χ2v) is 21.6. The largest absolute Gasteiger partial charge is 0.477 e. The number of Topliss-reactive ketones (excluding diaryl/α,β-unsaturated/α-hetero) is 2. The normalized spacial score (nSPS) is 22.4. The monoisotopic (exact) mass is 1070 g/mol. The third-order valence-electron chi connectivity index (χ3n) is 11.2. The van der Waals surface area contributed by atoms with E-state index in [9.17, 15) is 19.2 Å². The Kier molecular flexibility index (Phi) is 15.2. The van der Waals surface area contributed by atoms with Crippen molar-refractivity contribution < 1.29 is 23.9 Å². The van der Waals surface area contributed by atoms with Crippen LogP contribution in [0.1, 0.15) is 61.0 Å². The van der Waals surface area contributed by atoms with Crippen LogP contribution in [0.5, 0.6) is 5.88 Å². The number of ether oxygens (including phenoxy) is 1. The van der Waals surface area contributed by atoms with Crippen LogP contribution in [0.4, 0.5) is 0 Å². The Balaban J connectivity index is 0.000000178. The second-order valence-electron chi connectivity index (χ2n) is 15.4. The number of ketones is 2. The van der Waals surface area contributed by atoms with Crippen LogP contribution in [0.25, 0.3) is 0 Å². The molecule has 1 aliphatic carbocycles. The smallest absolute Gasteiger partial charge is 0.242 e. The van der Waals surface area contributed by atoms with E-state index in [0.29, 0.717) is 64.3 Å². The van der Waals surface area contributed by atoms with E-state index in [1.807, 2.05) is 64.0 Å². The molecule has 64 heavy (non-hydrogen) atoms. The van der Waals surface area contributed by atoms with E-state index in [1.54, 1.807) is 42.5 Å². The number of halogens is 5. The number of amides is 2. The molecule has 330 valence electrons. The van der Waals surface area contributed by atoms with Crippen molar-refractivity contribution in [2.24, 2.45) is 5.92 Å². The second kappa shape index (κ2) is 20.6. The van der Waals surface area contributed by atoms with E-state index >= 15 is 0 Å². The standard InChI is InChI=1S/C26H24Cl2N2O3S2.C20H13BrCl2N2O2S2/c27-18-7-3-8-20(23(18)28)35-24-19(31)13-26(30-25(24)32,17-11-12-34-15-17)21-9-4-10-22(29-21)33-14-16-5-1-2-6-16;21-16-6-2-5-15(24-16)20(11-7-8-28-10-11)9-13(26)18(19(27)25-20)29-14-4-1-3-12(22)17(14)23/h3-4,7-12,15-16,24H,1-2,5-6,13-14H2,(H,30,32);1-8,10,18H,9H2,(H,25,27). The number of benzene rings is 2. The molecule has 2 aliphatic heterocycles. The van der Waals surface area contributed by atoms with Gasteiger partial charge in [-0.1, -0.05) is 83.5 Å². The molecule has 6 heterocycles. The van der Waals surface area contributed by atoms with Crippen LogP contribution in [0.15, 0.2) is 121 Å². The lowest BCUT2D eigenvalue weighted by Gasteiger charge is -2.39. The highest BCUT2D eigenvalue weighted by atomic mass is 79.9. The van der Waals surface area contributed by atoms with Crippen molar-refractivity contribution in [2.45, 2.75) is 69.9 Å². The molecule has 1 saturated carbocycles. The molecule has 2 N–H and O–H groups in total.